The molecule has 41 heavy (non-hydrogen) atoms. The van der Waals surface area contributed by atoms with Crippen LogP contribution in [0.25, 0.3) is 21.9 Å². The molecule has 0 aliphatic rings. The number of azo groups is 2. The molecule has 0 bridgehead atoms. The Morgan fingerprint density at radius 2 is 1.05 bits per heavy atom. The van der Waals surface area contributed by atoms with Gasteiger partial charge >= 0.3 is 0 Å². The van der Waals surface area contributed by atoms with E-state index in [1.54, 1.807) is 24.3 Å². The third-order valence-corrected chi connectivity index (χ3v) is 7.66. The number of hydrogen-bond acceptors (Lipinski definition) is 9. The zero-order chi connectivity index (χ0) is 29.2. The second kappa shape index (κ2) is 11.0. The molecule has 5 aromatic rings. The lowest BCUT2D eigenvalue weighted by atomic mass is 10.1. The highest BCUT2D eigenvalue weighted by atomic mass is 32.2. The largest absolute Gasteiger partial charge is 0.506 e. The Morgan fingerprint density at radius 3 is 1.56 bits per heavy atom. The average molecular weight is 589 g/mol. The van der Waals surface area contributed by atoms with E-state index >= 15 is 0 Å². The van der Waals surface area contributed by atoms with Gasteiger partial charge in [0.15, 0.2) is 0 Å². The number of nitrogens with zero attached hydrogens (tertiary/aromatic N) is 4. The zero-order valence-corrected chi connectivity index (χ0v) is 22.5. The zero-order valence-electron chi connectivity index (χ0n) is 20.9. The minimum Gasteiger partial charge on any atom is -0.506 e. The van der Waals surface area contributed by atoms with E-state index in [4.69, 9.17) is 0 Å². The van der Waals surface area contributed by atoms with Crippen molar-refractivity contribution in [2.75, 3.05) is 0 Å². The van der Waals surface area contributed by atoms with E-state index in [2.05, 4.69) is 20.5 Å². The van der Waals surface area contributed by atoms with Crippen molar-refractivity contribution in [2.24, 2.45) is 20.5 Å². The molecule has 11 nitrogen and oxygen atoms in total. The van der Waals surface area contributed by atoms with Crippen LogP contribution in [-0.2, 0) is 20.2 Å². The van der Waals surface area contributed by atoms with Crippen molar-refractivity contribution >= 4 is 53.8 Å². The molecule has 0 aliphatic carbocycles. The molecule has 0 fully saturated rings. The van der Waals surface area contributed by atoms with Crippen LogP contribution < -0.4 is 0 Å². The van der Waals surface area contributed by atoms with Crippen LogP contribution in [0.3, 0.4) is 0 Å². The predicted octanol–water partition coefficient (Wildman–Crippen LogP) is 7.54. The highest BCUT2D eigenvalue weighted by Gasteiger charge is 2.24. The SMILES string of the molecule is O=S(=O)(O)c1cc(S(=O)(=O)O)c2c(N=Nc3ccc(-c4ccc(N=Nc5ccccc5)cc4)cc3)c(O)ccc2c1. The molecule has 0 spiro atoms. The van der Waals surface area contributed by atoms with Gasteiger partial charge in [-0.05, 0) is 71.1 Å². The summed E-state index contributed by atoms with van der Waals surface area (Å²) in [7, 11) is -9.79. The molecule has 0 saturated carbocycles. The van der Waals surface area contributed by atoms with Crippen LogP contribution in [0, 0.1) is 0 Å². The van der Waals surface area contributed by atoms with Crippen molar-refractivity contribution in [3.63, 3.8) is 0 Å². The molecule has 0 unspecified atom stereocenters. The van der Waals surface area contributed by atoms with Gasteiger partial charge in [0.2, 0.25) is 0 Å². The van der Waals surface area contributed by atoms with Crippen molar-refractivity contribution in [2.45, 2.75) is 9.79 Å². The van der Waals surface area contributed by atoms with Crippen LogP contribution in [0.2, 0.25) is 0 Å². The second-order valence-electron chi connectivity index (χ2n) is 8.73. The van der Waals surface area contributed by atoms with Crippen molar-refractivity contribution in [3.8, 4) is 16.9 Å². The quantitative estimate of drug-likeness (QED) is 0.130. The summed E-state index contributed by atoms with van der Waals surface area (Å²) < 4.78 is 66.5. The lowest BCUT2D eigenvalue weighted by Crippen LogP contribution is -2.04. The van der Waals surface area contributed by atoms with Gasteiger partial charge in [-0.3, -0.25) is 9.11 Å². The van der Waals surface area contributed by atoms with E-state index in [9.17, 15) is 31.0 Å². The maximum atomic E-state index is 12.1. The van der Waals surface area contributed by atoms with Gasteiger partial charge in [-0.2, -0.15) is 32.2 Å². The molecule has 5 aromatic carbocycles. The van der Waals surface area contributed by atoms with E-state index in [0.717, 1.165) is 28.9 Å². The van der Waals surface area contributed by atoms with Crippen molar-refractivity contribution in [3.05, 3.63) is 103 Å². The Kier molecular flexibility index (Phi) is 7.43. The lowest BCUT2D eigenvalue weighted by Gasteiger charge is -2.10. The van der Waals surface area contributed by atoms with Gasteiger partial charge in [0.1, 0.15) is 16.3 Å². The number of rotatable bonds is 7. The van der Waals surface area contributed by atoms with E-state index in [1.807, 2.05) is 54.6 Å². The molecule has 0 aromatic heterocycles. The number of aromatic hydroxyl groups is 1. The first-order chi connectivity index (χ1) is 19.5. The first-order valence-electron chi connectivity index (χ1n) is 11.8. The lowest BCUT2D eigenvalue weighted by molar-refractivity contribution is 0.477. The smallest absolute Gasteiger partial charge is 0.295 e. The summed E-state index contributed by atoms with van der Waals surface area (Å²) in [6.45, 7) is 0. The Hall–Kier alpha value is -4.82. The Morgan fingerprint density at radius 1 is 0.537 bits per heavy atom. The highest BCUT2D eigenvalue weighted by Crippen LogP contribution is 2.41. The topological polar surface area (TPSA) is 178 Å². The van der Waals surface area contributed by atoms with Crippen LogP contribution in [0.4, 0.5) is 22.7 Å². The molecule has 0 amide bonds. The Balaban J connectivity index is 1.43. The normalized spacial score (nSPS) is 12.4. The fourth-order valence-electron chi connectivity index (χ4n) is 3.98. The number of fused-ring (bicyclic) bond motifs is 1. The molecule has 0 atom stereocenters. The van der Waals surface area contributed by atoms with Crippen molar-refractivity contribution < 1.29 is 31.0 Å². The molecule has 0 aliphatic heterocycles. The number of benzene rings is 5. The van der Waals surface area contributed by atoms with Crippen LogP contribution in [0.1, 0.15) is 0 Å². The van der Waals surface area contributed by atoms with Gasteiger partial charge in [-0.25, -0.2) is 0 Å². The average Bonchev–Trinajstić information content (AvgIpc) is 2.95. The van der Waals surface area contributed by atoms with Gasteiger partial charge in [0.05, 0.1) is 22.0 Å². The molecule has 0 radical (unpaired) electrons. The van der Waals surface area contributed by atoms with Crippen LogP contribution >= 0.6 is 0 Å². The van der Waals surface area contributed by atoms with E-state index in [-0.39, 0.29) is 16.5 Å². The maximum Gasteiger partial charge on any atom is 0.295 e. The van der Waals surface area contributed by atoms with E-state index in [1.165, 1.54) is 6.07 Å². The minimum absolute atomic E-state index is 0.0263. The summed E-state index contributed by atoms with van der Waals surface area (Å²) in [4.78, 5) is -1.62. The van der Waals surface area contributed by atoms with Crippen LogP contribution in [-0.4, -0.2) is 31.0 Å². The van der Waals surface area contributed by atoms with Crippen molar-refractivity contribution in [1.82, 2.24) is 0 Å². The van der Waals surface area contributed by atoms with Gasteiger partial charge in [-0.1, -0.05) is 48.5 Å². The summed E-state index contributed by atoms with van der Waals surface area (Å²) in [6.07, 6.45) is 0. The van der Waals surface area contributed by atoms with Gasteiger partial charge in [0, 0.05) is 5.39 Å². The van der Waals surface area contributed by atoms with Gasteiger partial charge < -0.3 is 5.11 Å². The second-order valence-corrected chi connectivity index (χ2v) is 11.5. The summed E-state index contributed by atoms with van der Waals surface area (Å²) in [5.41, 5.74) is 3.25. The van der Waals surface area contributed by atoms with E-state index < -0.39 is 35.8 Å². The molecule has 0 heterocycles. The molecule has 206 valence electrons. The molecular weight excluding hydrogens is 568 g/mol. The summed E-state index contributed by atoms with van der Waals surface area (Å²) in [5.74, 6) is -0.466. The maximum absolute atomic E-state index is 12.1. The van der Waals surface area contributed by atoms with Gasteiger partial charge in [0.25, 0.3) is 20.2 Å². The molecule has 3 N–H and O–H groups in total. The highest BCUT2D eigenvalue weighted by molar-refractivity contribution is 7.86. The summed E-state index contributed by atoms with van der Waals surface area (Å²) in [5, 5.41) is 26.6. The van der Waals surface area contributed by atoms with Crippen LogP contribution in [0.5, 0.6) is 5.75 Å². The molecular formula is C28H20N4O7S2. The predicted molar refractivity (Wildman–Crippen MR) is 152 cm³/mol. The molecule has 0 saturated heterocycles. The first kappa shape index (κ1) is 27.7. The van der Waals surface area contributed by atoms with Gasteiger partial charge in [-0.15, -0.1) is 5.11 Å². The number of phenols is 1. The molecule has 13 heteroatoms. The minimum atomic E-state index is -4.99. The summed E-state index contributed by atoms with van der Waals surface area (Å²) in [6, 6.07) is 27.6. The number of phenolic OH excluding ortho intramolecular Hbond substituents is 1. The third-order valence-electron chi connectivity index (χ3n) is 5.95. The Labute approximate surface area is 234 Å². The van der Waals surface area contributed by atoms with E-state index in [0.29, 0.717) is 17.4 Å². The van der Waals surface area contributed by atoms with Crippen molar-refractivity contribution in [1.29, 1.82) is 0 Å². The van der Waals surface area contributed by atoms with Crippen LogP contribution in [0.15, 0.2) is 133 Å². The monoisotopic (exact) mass is 588 g/mol. The molecule has 5 rings (SSSR count). The fourth-order valence-corrected chi connectivity index (χ4v) is 5.35. The fraction of sp³-hybridized carbons (Fsp3) is 0. The Bertz CT molecular complexity index is 2030. The summed E-state index contributed by atoms with van der Waals surface area (Å²) >= 11 is 0. The standard InChI is InChI=1S/C28H20N4O7S2/c33-25-15-10-20-16-24(40(34,35)36)17-26(41(37,38)39)27(20)28(25)32-31-23-13-8-19(9-14-23)18-6-11-22(12-7-18)30-29-21-4-2-1-3-5-21/h1-17,33H,(H,34,35,36)(H,37,38,39). The third kappa shape index (κ3) is 6.34. The number of hydrogen-bond donors (Lipinski definition) is 3. The first-order valence-corrected chi connectivity index (χ1v) is 14.7.